The van der Waals surface area contributed by atoms with Crippen molar-refractivity contribution in [2.24, 2.45) is 0 Å². The maximum atomic E-state index is 13.2. The van der Waals surface area contributed by atoms with Gasteiger partial charge in [0, 0.05) is 24.2 Å². The average Bonchev–Trinajstić information content (AvgIpc) is 2.23. The van der Waals surface area contributed by atoms with E-state index in [1.165, 1.54) is 6.07 Å². The van der Waals surface area contributed by atoms with Gasteiger partial charge in [-0.15, -0.1) is 0 Å². The first-order valence-corrected chi connectivity index (χ1v) is 5.80. The molecule has 0 aliphatic carbocycles. The van der Waals surface area contributed by atoms with Crippen molar-refractivity contribution in [3.8, 4) is 0 Å². The van der Waals surface area contributed by atoms with E-state index in [9.17, 15) is 4.39 Å². The third-order valence-electron chi connectivity index (χ3n) is 1.91. The molecule has 0 amide bonds. The topological polar surface area (TPSA) is 21.3 Å². The fourth-order valence-electron chi connectivity index (χ4n) is 1.17. The standard InChI is InChI=1S/C11H15BrFNO/c1-2-15-7-3-6-14-11-8-9(12)4-5-10(11)13/h4-5,8,14H,2-3,6-7H2,1H3. The molecule has 0 fully saturated rings. The second kappa shape index (κ2) is 6.80. The molecule has 0 atom stereocenters. The Kier molecular flexibility index (Phi) is 5.65. The van der Waals surface area contributed by atoms with Gasteiger partial charge in [-0.1, -0.05) is 15.9 Å². The molecular weight excluding hydrogens is 261 g/mol. The Balaban J connectivity index is 2.33. The van der Waals surface area contributed by atoms with Gasteiger partial charge in [-0.3, -0.25) is 0 Å². The van der Waals surface area contributed by atoms with Crippen LogP contribution in [0, 0.1) is 5.82 Å². The second-order valence-electron chi connectivity index (χ2n) is 3.10. The van der Waals surface area contributed by atoms with Crippen molar-refractivity contribution in [2.45, 2.75) is 13.3 Å². The zero-order chi connectivity index (χ0) is 11.1. The molecule has 0 aliphatic heterocycles. The van der Waals surface area contributed by atoms with E-state index < -0.39 is 0 Å². The molecule has 0 spiro atoms. The highest BCUT2D eigenvalue weighted by Gasteiger charge is 2.01. The first-order valence-electron chi connectivity index (χ1n) is 5.00. The summed E-state index contributed by atoms with van der Waals surface area (Å²) in [6.45, 7) is 4.11. The van der Waals surface area contributed by atoms with Crippen molar-refractivity contribution >= 4 is 21.6 Å². The van der Waals surface area contributed by atoms with Crippen LogP contribution >= 0.6 is 15.9 Å². The summed E-state index contributed by atoms with van der Waals surface area (Å²) in [6, 6.07) is 4.85. The number of nitrogens with one attached hydrogen (secondary N) is 1. The molecule has 0 radical (unpaired) electrons. The molecule has 0 saturated heterocycles. The van der Waals surface area contributed by atoms with Crippen LogP contribution in [0.2, 0.25) is 0 Å². The molecule has 0 aliphatic rings. The number of halogens is 2. The highest BCUT2D eigenvalue weighted by molar-refractivity contribution is 9.10. The van der Waals surface area contributed by atoms with Gasteiger partial charge in [-0.2, -0.15) is 0 Å². The van der Waals surface area contributed by atoms with Crippen molar-refractivity contribution < 1.29 is 9.13 Å². The molecule has 0 aromatic heterocycles. The molecule has 15 heavy (non-hydrogen) atoms. The minimum atomic E-state index is -0.227. The van der Waals surface area contributed by atoms with E-state index in [0.29, 0.717) is 18.8 Å². The summed E-state index contributed by atoms with van der Waals surface area (Å²) in [5.41, 5.74) is 0.529. The molecule has 0 saturated carbocycles. The molecule has 1 aromatic carbocycles. The van der Waals surface area contributed by atoms with E-state index in [4.69, 9.17) is 4.74 Å². The van der Waals surface area contributed by atoms with Crippen LogP contribution in [-0.2, 0) is 4.74 Å². The van der Waals surface area contributed by atoms with E-state index in [0.717, 1.165) is 17.5 Å². The van der Waals surface area contributed by atoms with E-state index in [-0.39, 0.29) is 5.82 Å². The Morgan fingerprint density at radius 3 is 3.00 bits per heavy atom. The number of rotatable bonds is 6. The SMILES string of the molecule is CCOCCCNc1cc(Br)ccc1F. The Hall–Kier alpha value is -0.610. The summed E-state index contributed by atoms with van der Waals surface area (Å²) in [5, 5.41) is 3.03. The Bertz CT molecular complexity index is 307. The third kappa shape index (κ3) is 4.62. The monoisotopic (exact) mass is 275 g/mol. The molecule has 84 valence electrons. The molecule has 0 unspecified atom stereocenters. The molecule has 1 N–H and O–H groups in total. The summed E-state index contributed by atoms with van der Waals surface area (Å²) >= 11 is 3.30. The summed E-state index contributed by atoms with van der Waals surface area (Å²) < 4.78 is 19.3. The number of ether oxygens (including phenoxy) is 1. The van der Waals surface area contributed by atoms with E-state index in [1.807, 2.05) is 6.92 Å². The largest absolute Gasteiger partial charge is 0.383 e. The highest BCUT2D eigenvalue weighted by atomic mass is 79.9. The number of hydrogen-bond donors (Lipinski definition) is 1. The Labute approximate surface area is 98.0 Å². The Morgan fingerprint density at radius 1 is 1.47 bits per heavy atom. The van der Waals surface area contributed by atoms with Crippen molar-refractivity contribution in [1.29, 1.82) is 0 Å². The number of benzene rings is 1. The van der Waals surface area contributed by atoms with Gasteiger partial charge in [0.1, 0.15) is 5.82 Å². The van der Waals surface area contributed by atoms with Gasteiger partial charge in [-0.25, -0.2) is 4.39 Å². The van der Waals surface area contributed by atoms with E-state index >= 15 is 0 Å². The number of hydrogen-bond acceptors (Lipinski definition) is 2. The van der Waals surface area contributed by atoms with Gasteiger partial charge in [0.2, 0.25) is 0 Å². The molecule has 1 rings (SSSR count). The molecular formula is C11H15BrFNO. The third-order valence-corrected chi connectivity index (χ3v) is 2.41. The zero-order valence-electron chi connectivity index (χ0n) is 8.72. The van der Waals surface area contributed by atoms with Gasteiger partial charge in [0.05, 0.1) is 5.69 Å². The normalized spacial score (nSPS) is 10.3. The molecule has 0 heterocycles. The van der Waals surface area contributed by atoms with Crippen LogP contribution in [0.15, 0.2) is 22.7 Å². The number of anilines is 1. The van der Waals surface area contributed by atoms with Gasteiger partial charge in [0.25, 0.3) is 0 Å². The highest BCUT2D eigenvalue weighted by Crippen LogP contribution is 2.19. The van der Waals surface area contributed by atoms with Crippen molar-refractivity contribution in [1.82, 2.24) is 0 Å². The first kappa shape index (κ1) is 12.5. The van der Waals surface area contributed by atoms with Crippen molar-refractivity contribution in [3.05, 3.63) is 28.5 Å². The lowest BCUT2D eigenvalue weighted by atomic mass is 10.3. The zero-order valence-corrected chi connectivity index (χ0v) is 10.3. The van der Waals surface area contributed by atoms with Gasteiger partial charge >= 0.3 is 0 Å². The lowest BCUT2D eigenvalue weighted by molar-refractivity contribution is 0.147. The molecule has 1 aromatic rings. The smallest absolute Gasteiger partial charge is 0.146 e. The van der Waals surface area contributed by atoms with Crippen molar-refractivity contribution in [2.75, 3.05) is 25.1 Å². The van der Waals surface area contributed by atoms with Gasteiger partial charge < -0.3 is 10.1 Å². The summed E-state index contributed by atoms with van der Waals surface area (Å²) in [7, 11) is 0. The average molecular weight is 276 g/mol. The van der Waals surface area contributed by atoms with Gasteiger partial charge in [0.15, 0.2) is 0 Å². The van der Waals surface area contributed by atoms with Crippen LogP contribution in [0.4, 0.5) is 10.1 Å². The van der Waals surface area contributed by atoms with Crippen molar-refractivity contribution in [3.63, 3.8) is 0 Å². The minimum absolute atomic E-state index is 0.227. The fraction of sp³-hybridized carbons (Fsp3) is 0.455. The van der Waals surface area contributed by atoms with Gasteiger partial charge in [-0.05, 0) is 31.5 Å². The lowest BCUT2D eigenvalue weighted by Crippen LogP contribution is -2.06. The summed E-state index contributed by atoms with van der Waals surface area (Å²) in [4.78, 5) is 0. The predicted molar refractivity (Wildman–Crippen MR) is 63.7 cm³/mol. The van der Waals surface area contributed by atoms with E-state index in [1.54, 1.807) is 12.1 Å². The summed E-state index contributed by atoms with van der Waals surface area (Å²) in [5.74, 6) is -0.227. The minimum Gasteiger partial charge on any atom is -0.383 e. The van der Waals surface area contributed by atoms with Crippen LogP contribution in [0.1, 0.15) is 13.3 Å². The maximum absolute atomic E-state index is 13.2. The first-order chi connectivity index (χ1) is 7.24. The van der Waals surface area contributed by atoms with E-state index in [2.05, 4.69) is 21.2 Å². The van der Waals surface area contributed by atoms with Crippen LogP contribution in [0.5, 0.6) is 0 Å². The van der Waals surface area contributed by atoms with Crippen LogP contribution in [-0.4, -0.2) is 19.8 Å². The molecule has 2 nitrogen and oxygen atoms in total. The Morgan fingerprint density at radius 2 is 2.27 bits per heavy atom. The van der Waals surface area contributed by atoms with Crippen LogP contribution < -0.4 is 5.32 Å². The van der Waals surface area contributed by atoms with Crippen LogP contribution in [0.3, 0.4) is 0 Å². The molecule has 4 heteroatoms. The maximum Gasteiger partial charge on any atom is 0.146 e. The van der Waals surface area contributed by atoms with Crippen LogP contribution in [0.25, 0.3) is 0 Å². The predicted octanol–water partition coefficient (Wildman–Crippen LogP) is 3.43. The quantitative estimate of drug-likeness (QED) is 0.804. The summed E-state index contributed by atoms with van der Waals surface area (Å²) in [6.07, 6.45) is 0.875. The second-order valence-corrected chi connectivity index (χ2v) is 4.02. The lowest BCUT2D eigenvalue weighted by Gasteiger charge is -2.07. The fourth-order valence-corrected chi connectivity index (χ4v) is 1.54. The molecule has 0 bridgehead atoms.